The molecule has 0 fully saturated rings. The average molecular weight is 660 g/mol. The molecule has 0 heterocycles. The van der Waals surface area contributed by atoms with Crippen molar-refractivity contribution in [3.05, 3.63) is 57.6 Å². The van der Waals surface area contributed by atoms with Gasteiger partial charge in [-0.3, -0.25) is 9.35 Å². The van der Waals surface area contributed by atoms with E-state index in [9.17, 15) is 46.2 Å². The quantitative estimate of drug-likeness (QED) is 0.110. The van der Waals surface area contributed by atoms with Gasteiger partial charge < -0.3 is 24.4 Å². The second-order valence-corrected chi connectivity index (χ2v) is 11.5. The zero-order valence-corrected chi connectivity index (χ0v) is 25.3. The number of phenols is 2. The van der Waals surface area contributed by atoms with Crippen LogP contribution in [-0.4, -0.2) is 104 Å². The van der Waals surface area contributed by atoms with Crippen molar-refractivity contribution in [2.24, 2.45) is 5.41 Å². The van der Waals surface area contributed by atoms with Crippen molar-refractivity contribution in [1.29, 1.82) is 0 Å². The monoisotopic (exact) mass is 660 g/mol. The van der Waals surface area contributed by atoms with Crippen LogP contribution in [0.5, 0.6) is 11.5 Å². The Hall–Kier alpha value is -3.59. The van der Waals surface area contributed by atoms with Crippen molar-refractivity contribution < 1.29 is 64.9 Å². The molecule has 1 unspecified atom stereocenters. The summed E-state index contributed by atoms with van der Waals surface area (Å²) in [7, 11) is 17.1. The Morgan fingerprint density at radius 3 is 1.46 bits per heavy atom. The van der Waals surface area contributed by atoms with E-state index in [1.54, 1.807) is 0 Å². The molecule has 19 heteroatoms. The number of rotatable bonds is 15. The summed E-state index contributed by atoms with van der Waals surface area (Å²) in [5.74, 6) is -7.72. The Morgan fingerprint density at radius 1 is 0.783 bits per heavy atom. The fraction of sp³-hybridized carbons (Fsp3) is 0.444. The minimum absolute atomic E-state index is 0.0747. The van der Waals surface area contributed by atoms with Gasteiger partial charge in [0.25, 0.3) is 10.1 Å². The van der Waals surface area contributed by atoms with Crippen LogP contribution in [0.3, 0.4) is 0 Å². The predicted molar refractivity (Wildman–Crippen MR) is 160 cm³/mol. The molecule has 0 amide bonds. The molecule has 0 spiro atoms. The maximum atomic E-state index is 13.6. The first-order valence-corrected chi connectivity index (χ1v) is 15.0. The lowest BCUT2D eigenvalue weighted by atomic mass is 9.86. The molecule has 46 heavy (non-hydrogen) atoms. The van der Waals surface area contributed by atoms with E-state index < -0.39 is 93.7 Å². The molecule has 3 N–H and O–H groups in total. The first-order valence-electron chi connectivity index (χ1n) is 13.4. The van der Waals surface area contributed by atoms with Crippen LogP contribution in [0.25, 0.3) is 0 Å². The molecule has 2 aromatic rings. The number of esters is 3. The molecule has 0 aromatic heterocycles. The van der Waals surface area contributed by atoms with Crippen molar-refractivity contribution >= 4 is 59.4 Å². The van der Waals surface area contributed by atoms with E-state index in [2.05, 4.69) is 4.74 Å². The van der Waals surface area contributed by atoms with E-state index in [1.807, 2.05) is 0 Å². The lowest BCUT2D eigenvalue weighted by Gasteiger charge is -2.32. The van der Waals surface area contributed by atoms with Crippen LogP contribution < -0.4 is 0 Å². The van der Waals surface area contributed by atoms with E-state index in [0.717, 1.165) is 0 Å². The fourth-order valence-corrected chi connectivity index (χ4v) is 4.82. The summed E-state index contributed by atoms with van der Waals surface area (Å²) < 4.78 is 87.4. The smallest absolute Gasteiger partial charge is 0.426 e. The molecule has 0 aliphatic carbocycles. The largest absolute Gasteiger partial charge is 0.507 e. The number of carbonyl (C=O) groups is 3. The third kappa shape index (κ3) is 9.24. The molecule has 0 aliphatic heterocycles. The molecular formula is C27H27B4F3O11S. The molecular weight excluding hydrogens is 633 g/mol. The Labute approximate surface area is 268 Å². The summed E-state index contributed by atoms with van der Waals surface area (Å²) in [6.45, 7) is -1.05. The van der Waals surface area contributed by atoms with E-state index in [4.69, 9.17) is 45.4 Å². The number of benzene rings is 2. The van der Waals surface area contributed by atoms with Gasteiger partial charge in [-0.2, -0.15) is 21.6 Å². The summed E-state index contributed by atoms with van der Waals surface area (Å²) in [6, 6.07) is 5.50. The summed E-state index contributed by atoms with van der Waals surface area (Å²) in [5, 5.41) is 21.1. The van der Waals surface area contributed by atoms with E-state index in [0.29, 0.717) is 0 Å². The highest BCUT2D eigenvalue weighted by atomic mass is 32.2. The van der Waals surface area contributed by atoms with Gasteiger partial charge in [-0.05, 0) is 28.7 Å². The molecule has 0 bridgehead atoms. The summed E-state index contributed by atoms with van der Waals surface area (Å²) in [5.41, 5.74) is -3.01. The molecule has 0 saturated carbocycles. The van der Waals surface area contributed by atoms with Gasteiger partial charge >= 0.3 is 24.1 Å². The molecule has 2 aromatic carbocycles. The van der Waals surface area contributed by atoms with Crippen LogP contribution in [-0.2, 0) is 54.4 Å². The van der Waals surface area contributed by atoms with Crippen LogP contribution in [0, 0.1) is 5.41 Å². The van der Waals surface area contributed by atoms with Crippen molar-refractivity contribution in [1.82, 2.24) is 0 Å². The number of ether oxygens (including phenoxy) is 3. The van der Waals surface area contributed by atoms with E-state index in [1.165, 1.54) is 31.2 Å². The van der Waals surface area contributed by atoms with Gasteiger partial charge in [0.15, 0.2) is 0 Å². The van der Waals surface area contributed by atoms with Gasteiger partial charge in [-0.25, -0.2) is 9.59 Å². The highest BCUT2D eigenvalue weighted by Crippen LogP contribution is 2.34. The number of hydrogen-bond acceptors (Lipinski definition) is 10. The summed E-state index contributed by atoms with van der Waals surface area (Å²) in [6.07, 6.45) is -10.4. The van der Waals surface area contributed by atoms with Gasteiger partial charge in [0.05, 0.1) is 31.4 Å². The van der Waals surface area contributed by atoms with E-state index in [-0.39, 0.29) is 47.5 Å². The number of carbonyl (C=O) groups excluding carboxylic acids is 3. The molecule has 240 valence electrons. The lowest BCUT2D eigenvalue weighted by Crippen LogP contribution is -2.48. The normalized spacial score (nSPS) is 12.7. The third-order valence-corrected chi connectivity index (χ3v) is 7.75. The van der Waals surface area contributed by atoms with Crippen LogP contribution >= 0.6 is 0 Å². The second-order valence-electron chi connectivity index (χ2n) is 10.0. The number of hydrogen-bond donors (Lipinski definition) is 3. The number of alkyl halides is 3. The summed E-state index contributed by atoms with van der Waals surface area (Å²) in [4.78, 5) is 39.6. The van der Waals surface area contributed by atoms with Gasteiger partial charge in [0, 0.05) is 0 Å². The topological polar surface area (TPSA) is 174 Å². The number of halogens is 3. The van der Waals surface area contributed by atoms with Crippen molar-refractivity contribution in [2.45, 2.75) is 50.9 Å². The fourth-order valence-electron chi connectivity index (χ4n) is 4.18. The number of phenolic OH excluding ortho intramolecular Hbond substituents is 2. The Balaban J connectivity index is 2.56. The van der Waals surface area contributed by atoms with Crippen molar-refractivity contribution in [3.8, 4) is 11.5 Å². The number of aromatic hydroxyl groups is 2. The van der Waals surface area contributed by atoms with E-state index >= 15 is 0 Å². The van der Waals surface area contributed by atoms with Crippen LogP contribution in [0.1, 0.15) is 56.3 Å². The molecule has 1 atom stereocenters. The average Bonchev–Trinajstić information content (AvgIpc) is 2.99. The van der Waals surface area contributed by atoms with Crippen molar-refractivity contribution in [2.75, 3.05) is 19.0 Å². The highest BCUT2D eigenvalue weighted by Gasteiger charge is 2.50. The van der Waals surface area contributed by atoms with Crippen LogP contribution in [0.15, 0.2) is 24.3 Å². The van der Waals surface area contributed by atoms with Crippen molar-refractivity contribution in [3.63, 3.8) is 0 Å². The zero-order valence-electron chi connectivity index (χ0n) is 24.5. The Morgan fingerprint density at radius 2 is 1.15 bits per heavy atom. The second kappa shape index (κ2) is 15.8. The third-order valence-electron chi connectivity index (χ3n) is 7.03. The maximum absolute atomic E-state index is 13.6. The zero-order chi connectivity index (χ0) is 35.0. The minimum atomic E-state index is -5.49. The summed E-state index contributed by atoms with van der Waals surface area (Å²) >= 11 is 0. The highest BCUT2D eigenvalue weighted by molar-refractivity contribution is 7.85. The first kappa shape index (κ1) is 38.6. The predicted octanol–water partition coefficient (Wildman–Crippen LogP) is 1.54. The molecule has 0 saturated heterocycles. The Bertz CT molecular complexity index is 1470. The minimum Gasteiger partial charge on any atom is -0.507 e. The van der Waals surface area contributed by atoms with Gasteiger partial charge in [0.1, 0.15) is 47.0 Å². The standard InChI is InChI=1S/C27H27B4F3O11S/c1-2-26(25(39)45-18(27(32,33)34)11-46(40,41)42,12-43-23(37)19-14(7-28)3-5-16(9-30)21(19)35)13-44-24(38)20-15(8-29)4-6-17(10-31)22(20)36/h3-6,18,35-36H,2,7-13H2,1H3,(H,40,41,42). The molecule has 8 radical (unpaired) electrons. The van der Waals surface area contributed by atoms with Crippen LogP contribution in [0.2, 0.25) is 0 Å². The van der Waals surface area contributed by atoms with Gasteiger partial charge in [-0.15, -0.1) is 0 Å². The Kier molecular flexibility index (Phi) is 13.3. The van der Waals surface area contributed by atoms with Gasteiger partial charge in [-0.1, -0.05) is 56.5 Å². The van der Waals surface area contributed by atoms with Gasteiger partial charge in [0.2, 0.25) is 6.10 Å². The maximum Gasteiger partial charge on any atom is 0.426 e. The molecule has 0 aliphatic rings. The molecule has 2 rings (SSSR count). The molecule has 11 nitrogen and oxygen atoms in total. The first-order chi connectivity index (χ1) is 21.4. The SMILES string of the molecule is [B]Cc1ccc(C[B])c(C(=O)OCC(CC)(COC(=O)c2c(C[B])ccc(C[B])c2O)C(=O)OC(CS(=O)(=O)O)C(F)(F)F)c1O. The van der Waals surface area contributed by atoms with Crippen LogP contribution in [0.4, 0.5) is 13.2 Å². The lowest BCUT2D eigenvalue weighted by molar-refractivity contribution is -0.223.